The van der Waals surface area contributed by atoms with E-state index < -0.39 is 16.5 Å². The Balaban J connectivity index is 2.20. The van der Waals surface area contributed by atoms with E-state index in [2.05, 4.69) is 5.32 Å². The SMILES string of the molecule is O=C(NCc1ccc(Cl)cc1Cl)c1cccc(Cl)c1[N+](=O)[O-]. The average Bonchev–Trinajstić information content (AvgIpc) is 2.45. The number of carbonyl (C=O) groups is 1. The summed E-state index contributed by atoms with van der Waals surface area (Å²) in [7, 11) is 0. The molecule has 0 aromatic heterocycles. The molecule has 0 atom stereocenters. The van der Waals surface area contributed by atoms with Crippen LogP contribution in [-0.2, 0) is 6.54 Å². The van der Waals surface area contributed by atoms with Gasteiger partial charge in [0.15, 0.2) is 0 Å². The Morgan fingerprint density at radius 1 is 1.14 bits per heavy atom. The number of hydrogen-bond donors (Lipinski definition) is 1. The topological polar surface area (TPSA) is 72.2 Å². The highest BCUT2D eigenvalue weighted by atomic mass is 35.5. The summed E-state index contributed by atoms with van der Waals surface area (Å²) < 4.78 is 0. The van der Waals surface area contributed by atoms with Gasteiger partial charge in [-0.3, -0.25) is 14.9 Å². The van der Waals surface area contributed by atoms with Crippen molar-refractivity contribution >= 4 is 46.4 Å². The first kappa shape index (κ1) is 16.5. The van der Waals surface area contributed by atoms with Crippen LogP contribution in [-0.4, -0.2) is 10.8 Å². The van der Waals surface area contributed by atoms with Crippen LogP contribution in [0.4, 0.5) is 5.69 Å². The highest BCUT2D eigenvalue weighted by Crippen LogP contribution is 2.28. The molecule has 1 N–H and O–H groups in total. The Morgan fingerprint density at radius 2 is 1.86 bits per heavy atom. The van der Waals surface area contributed by atoms with Crippen molar-refractivity contribution < 1.29 is 9.72 Å². The second-order valence-corrected chi connectivity index (χ2v) is 5.56. The maximum Gasteiger partial charge on any atom is 0.300 e. The Hall–Kier alpha value is -1.82. The van der Waals surface area contributed by atoms with Crippen molar-refractivity contribution in [3.05, 3.63) is 72.7 Å². The highest BCUT2D eigenvalue weighted by Gasteiger charge is 2.23. The molecule has 0 saturated heterocycles. The van der Waals surface area contributed by atoms with Crippen LogP contribution in [0.5, 0.6) is 0 Å². The van der Waals surface area contributed by atoms with Crippen molar-refractivity contribution in [3.8, 4) is 0 Å². The van der Waals surface area contributed by atoms with Gasteiger partial charge in [0.1, 0.15) is 10.6 Å². The zero-order valence-corrected chi connectivity index (χ0v) is 13.2. The Bertz CT molecular complexity index is 750. The number of halogens is 3. The van der Waals surface area contributed by atoms with Crippen LogP contribution in [0.25, 0.3) is 0 Å². The van der Waals surface area contributed by atoms with Crippen LogP contribution in [0.1, 0.15) is 15.9 Å². The van der Waals surface area contributed by atoms with Crippen LogP contribution >= 0.6 is 34.8 Å². The summed E-state index contributed by atoms with van der Waals surface area (Å²) in [6.07, 6.45) is 0. The number of para-hydroxylation sites is 1. The number of nitrogens with zero attached hydrogens (tertiary/aromatic N) is 1. The zero-order valence-electron chi connectivity index (χ0n) is 11.0. The third-order valence-electron chi connectivity index (χ3n) is 2.87. The van der Waals surface area contributed by atoms with E-state index in [0.717, 1.165) is 0 Å². The third-order valence-corrected chi connectivity index (χ3v) is 3.76. The van der Waals surface area contributed by atoms with Crippen molar-refractivity contribution in [3.63, 3.8) is 0 Å². The fourth-order valence-corrected chi connectivity index (χ4v) is 2.54. The van der Waals surface area contributed by atoms with Crippen molar-refractivity contribution in [2.75, 3.05) is 0 Å². The molecule has 2 aromatic carbocycles. The minimum absolute atomic E-state index is 0.0952. The molecule has 2 rings (SSSR count). The first-order valence-electron chi connectivity index (χ1n) is 6.05. The Morgan fingerprint density at radius 3 is 2.50 bits per heavy atom. The van der Waals surface area contributed by atoms with Crippen LogP contribution in [0.15, 0.2) is 36.4 Å². The predicted molar refractivity (Wildman–Crippen MR) is 85.7 cm³/mol. The highest BCUT2D eigenvalue weighted by molar-refractivity contribution is 6.35. The lowest BCUT2D eigenvalue weighted by Crippen LogP contribution is -2.24. The molecule has 0 aliphatic carbocycles. The van der Waals surface area contributed by atoms with E-state index in [0.29, 0.717) is 15.6 Å². The first-order chi connectivity index (χ1) is 10.4. The molecule has 5 nitrogen and oxygen atoms in total. The first-order valence-corrected chi connectivity index (χ1v) is 7.18. The van der Waals surface area contributed by atoms with Gasteiger partial charge in [-0.15, -0.1) is 0 Å². The summed E-state index contributed by atoms with van der Waals surface area (Å²) in [6, 6.07) is 9.01. The van der Waals surface area contributed by atoms with E-state index in [9.17, 15) is 14.9 Å². The second kappa shape index (κ2) is 6.96. The standard InChI is InChI=1S/C14H9Cl3N2O3/c15-9-5-4-8(12(17)6-9)7-18-14(20)10-2-1-3-11(16)13(10)19(21)22/h1-6H,7H2,(H,18,20). The fraction of sp³-hybridized carbons (Fsp3) is 0.0714. The number of benzene rings is 2. The smallest absolute Gasteiger partial charge is 0.300 e. The molecule has 0 aliphatic rings. The molecule has 8 heteroatoms. The van der Waals surface area contributed by atoms with Crippen LogP contribution in [0.3, 0.4) is 0 Å². The predicted octanol–water partition coefficient (Wildman–Crippen LogP) is 4.49. The second-order valence-electron chi connectivity index (χ2n) is 4.31. The van der Waals surface area contributed by atoms with Gasteiger partial charge in [0.25, 0.3) is 5.91 Å². The zero-order chi connectivity index (χ0) is 16.3. The number of carbonyl (C=O) groups excluding carboxylic acids is 1. The van der Waals surface area contributed by atoms with Crippen molar-refractivity contribution in [2.45, 2.75) is 6.54 Å². The monoisotopic (exact) mass is 358 g/mol. The number of rotatable bonds is 4. The summed E-state index contributed by atoms with van der Waals surface area (Å²) in [5, 5.41) is 14.4. The molecule has 0 bridgehead atoms. The summed E-state index contributed by atoms with van der Waals surface area (Å²) in [4.78, 5) is 22.5. The number of nitrogens with one attached hydrogen (secondary N) is 1. The van der Waals surface area contributed by atoms with Crippen LogP contribution in [0, 0.1) is 10.1 Å². The normalized spacial score (nSPS) is 10.3. The summed E-state index contributed by atoms with van der Waals surface area (Å²) in [5.41, 5.74) is 0.107. The van der Waals surface area contributed by atoms with E-state index in [1.54, 1.807) is 18.2 Å². The molecule has 0 unspecified atom stereocenters. The molecule has 0 aliphatic heterocycles. The van der Waals surface area contributed by atoms with Crippen molar-refractivity contribution in [2.24, 2.45) is 0 Å². The molecule has 22 heavy (non-hydrogen) atoms. The lowest BCUT2D eigenvalue weighted by Gasteiger charge is -2.08. The fourth-order valence-electron chi connectivity index (χ4n) is 1.82. The van der Waals surface area contributed by atoms with Gasteiger partial charge in [-0.2, -0.15) is 0 Å². The largest absolute Gasteiger partial charge is 0.348 e. The summed E-state index contributed by atoms with van der Waals surface area (Å²) >= 11 is 17.6. The quantitative estimate of drug-likeness (QED) is 0.646. The maximum atomic E-state index is 12.1. The number of hydrogen-bond acceptors (Lipinski definition) is 3. The minimum atomic E-state index is -0.688. The summed E-state index contributed by atoms with van der Waals surface area (Å²) in [5.74, 6) is -0.611. The van der Waals surface area contributed by atoms with Gasteiger partial charge >= 0.3 is 5.69 Å². The van der Waals surface area contributed by atoms with Gasteiger partial charge < -0.3 is 5.32 Å². The van der Waals surface area contributed by atoms with Crippen LogP contribution in [0.2, 0.25) is 15.1 Å². The molecule has 114 valence electrons. The molecule has 0 saturated carbocycles. The molecule has 0 radical (unpaired) electrons. The molecule has 2 aromatic rings. The van der Waals surface area contributed by atoms with E-state index in [1.807, 2.05) is 0 Å². The van der Waals surface area contributed by atoms with Gasteiger partial charge in [0, 0.05) is 16.6 Å². The van der Waals surface area contributed by atoms with E-state index in [1.165, 1.54) is 18.2 Å². The van der Waals surface area contributed by atoms with E-state index >= 15 is 0 Å². The minimum Gasteiger partial charge on any atom is -0.348 e. The van der Waals surface area contributed by atoms with Crippen LogP contribution < -0.4 is 5.32 Å². The molecule has 0 fully saturated rings. The molecular formula is C14H9Cl3N2O3. The lowest BCUT2D eigenvalue weighted by atomic mass is 10.1. The van der Waals surface area contributed by atoms with Crippen molar-refractivity contribution in [1.82, 2.24) is 5.32 Å². The molecule has 0 heterocycles. The van der Waals surface area contributed by atoms with E-state index in [-0.39, 0.29) is 17.1 Å². The van der Waals surface area contributed by atoms with Gasteiger partial charge in [0.2, 0.25) is 0 Å². The molecule has 0 spiro atoms. The number of nitro benzene ring substituents is 1. The average molecular weight is 360 g/mol. The third kappa shape index (κ3) is 3.68. The Labute approximate surface area is 140 Å². The van der Waals surface area contributed by atoms with E-state index in [4.69, 9.17) is 34.8 Å². The number of nitro groups is 1. The van der Waals surface area contributed by atoms with Gasteiger partial charge in [0.05, 0.1) is 4.92 Å². The Kier molecular flexibility index (Phi) is 5.24. The summed E-state index contributed by atoms with van der Waals surface area (Å²) in [6.45, 7) is 0.110. The maximum absolute atomic E-state index is 12.1. The van der Waals surface area contributed by atoms with Gasteiger partial charge in [-0.25, -0.2) is 0 Å². The molecular weight excluding hydrogens is 351 g/mol. The molecule has 1 amide bonds. The van der Waals surface area contributed by atoms with Gasteiger partial charge in [-0.05, 0) is 29.8 Å². The lowest BCUT2D eigenvalue weighted by molar-refractivity contribution is -0.385. The van der Waals surface area contributed by atoms with Crippen molar-refractivity contribution in [1.29, 1.82) is 0 Å². The van der Waals surface area contributed by atoms with Gasteiger partial charge in [-0.1, -0.05) is 46.9 Å². The number of amides is 1.